The molecule has 2 amide bonds. The maximum absolute atomic E-state index is 12.3. The van der Waals surface area contributed by atoms with Crippen molar-refractivity contribution in [1.82, 2.24) is 20.1 Å². The number of aromatic nitrogens is 3. The first-order valence-electron chi connectivity index (χ1n) is 9.56. The molecule has 3 aromatic rings. The van der Waals surface area contributed by atoms with E-state index in [0.717, 1.165) is 22.4 Å². The summed E-state index contributed by atoms with van der Waals surface area (Å²) in [5.74, 6) is 0.559. The van der Waals surface area contributed by atoms with Crippen molar-refractivity contribution in [1.29, 1.82) is 0 Å². The summed E-state index contributed by atoms with van der Waals surface area (Å²) in [4.78, 5) is 24.5. The first-order chi connectivity index (χ1) is 14.3. The van der Waals surface area contributed by atoms with Crippen LogP contribution in [0.25, 0.3) is 0 Å². The van der Waals surface area contributed by atoms with Gasteiger partial charge in [-0.15, -0.1) is 10.2 Å². The average molecular weight is 424 g/mol. The number of carbonyl (C=O) groups excluding carboxylic acids is 2. The fourth-order valence-corrected chi connectivity index (χ4v) is 3.69. The second-order valence-electron chi connectivity index (χ2n) is 7.22. The van der Waals surface area contributed by atoms with E-state index >= 15 is 0 Å². The Kier molecular flexibility index (Phi) is 6.89. The van der Waals surface area contributed by atoms with E-state index in [1.165, 1.54) is 11.8 Å². The number of hydrogen-bond acceptors (Lipinski definition) is 5. The number of hydrogen-bond donors (Lipinski definition) is 2. The van der Waals surface area contributed by atoms with E-state index in [2.05, 4.69) is 26.9 Å². The van der Waals surface area contributed by atoms with Gasteiger partial charge in [0.15, 0.2) is 11.0 Å². The van der Waals surface area contributed by atoms with Crippen molar-refractivity contribution < 1.29 is 9.59 Å². The van der Waals surface area contributed by atoms with Crippen molar-refractivity contribution in [2.24, 2.45) is 7.05 Å². The third kappa shape index (κ3) is 5.70. The standard InChI is InChI=1S/C22H25N5O2S/c1-14-5-7-17(8-6-14)21(29)23-12-19-25-26-22(27(19)4)30-13-20(28)24-18-10-15(2)9-16(3)11-18/h5-11H,12-13H2,1-4H3,(H,23,29)(H,24,28). The third-order valence-corrected chi connectivity index (χ3v) is 5.50. The maximum atomic E-state index is 12.3. The molecular weight excluding hydrogens is 398 g/mol. The predicted octanol–water partition coefficient (Wildman–Crippen LogP) is 3.40. The number of carbonyl (C=O) groups is 2. The van der Waals surface area contributed by atoms with Gasteiger partial charge in [0.05, 0.1) is 12.3 Å². The quantitative estimate of drug-likeness (QED) is 0.569. The minimum atomic E-state index is -0.167. The van der Waals surface area contributed by atoms with Crippen molar-refractivity contribution in [3.8, 4) is 0 Å². The molecule has 2 aromatic carbocycles. The van der Waals surface area contributed by atoms with Gasteiger partial charge in [-0.2, -0.15) is 0 Å². The van der Waals surface area contributed by atoms with Gasteiger partial charge < -0.3 is 15.2 Å². The van der Waals surface area contributed by atoms with E-state index in [9.17, 15) is 9.59 Å². The van der Waals surface area contributed by atoms with Crippen molar-refractivity contribution in [2.45, 2.75) is 32.5 Å². The molecule has 0 aliphatic rings. The maximum Gasteiger partial charge on any atom is 0.251 e. The van der Waals surface area contributed by atoms with Gasteiger partial charge in [0.2, 0.25) is 5.91 Å². The molecule has 7 nitrogen and oxygen atoms in total. The van der Waals surface area contributed by atoms with E-state index in [0.29, 0.717) is 16.5 Å². The molecule has 0 aliphatic carbocycles. The van der Waals surface area contributed by atoms with Crippen LogP contribution in [0.4, 0.5) is 5.69 Å². The molecule has 2 N–H and O–H groups in total. The first-order valence-corrected chi connectivity index (χ1v) is 10.5. The predicted molar refractivity (Wildman–Crippen MR) is 119 cm³/mol. The van der Waals surface area contributed by atoms with Crippen molar-refractivity contribution >= 4 is 29.3 Å². The molecule has 1 aromatic heterocycles. The Hall–Kier alpha value is -3.13. The Morgan fingerprint density at radius 1 is 0.967 bits per heavy atom. The van der Waals surface area contributed by atoms with E-state index in [4.69, 9.17) is 0 Å². The largest absolute Gasteiger partial charge is 0.345 e. The van der Waals surface area contributed by atoms with Gasteiger partial charge >= 0.3 is 0 Å². The topological polar surface area (TPSA) is 88.9 Å². The van der Waals surface area contributed by atoms with Gasteiger partial charge in [0.1, 0.15) is 0 Å². The second-order valence-corrected chi connectivity index (χ2v) is 8.16. The SMILES string of the molecule is Cc1ccc(C(=O)NCc2nnc(SCC(=O)Nc3cc(C)cc(C)c3)n2C)cc1. The molecule has 156 valence electrons. The van der Waals surface area contributed by atoms with Gasteiger partial charge in [-0.3, -0.25) is 9.59 Å². The summed E-state index contributed by atoms with van der Waals surface area (Å²) in [6.07, 6.45) is 0. The van der Waals surface area contributed by atoms with Gasteiger partial charge in [-0.1, -0.05) is 35.5 Å². The van der Waals surface area contributed by atoms with E-state index in [1.807, 2.05) is 52.1 Å². The Morgan fingerprint density at radius 3 is 2.30 bits per heavy atom. The highest BCUT2D eigenvalue weighted by Gasteiger charge is 2.13. The van der Waals surface area contributed by atoms with Crippen LogP contribution >= 0.6 is 11.8 Å². The minimum Gasteiger partial charge on any atom is -0.345 e. The lowest BCUT2D eigenvalue weighted by Gasteiger charge is -2.08. The van der Waals surface area contributed by atoms with Crippen LogP contribution in [0, 0.1) is 20.8 Å². The normalized spacial score (nSPS) is 10.7. The Labute approximate surface area is 180 Å². The molecule has 30 heavy (non-hydrogen) atoms. The summed E-state index contributed by atoms with van der Waals surface area (Å²) in [6, 6.07) is 13.3. The number of rotatable bonds is 7. The molecule has 0 bridgehead atoms. The monoisotopic (exact) mass is 423 g/mol. The highest BCUT2D eigenvalue weighted by molar-refractivity contribution is 7.99. The lowest BCUT2D eigenvalue weighted by molar-refractivity contribution is -0.113. The molecule has 3 rings (SSSR count). The molecule has 0 saturated carbocycles. The first kappa shape index (κ1) is 21.6. The van der Waals surface area contributed by atoms with Crippen molar-refractivity contribution in [3.05, 3.63) is 70.5 Å². The van der Waals surface area contributed by atoms with E-state index in [-0.39, 0.29) is 24.1 Å². The van der Waals surface area contributed by atoms with Crippen molar-refractivity contribution in [2.75, 3.05) is 11.1 Å². The van der Waals surface area contributed by atoms with Crippen LogP contribution < -0.4 is 10.6 Å². The summed E-state index contributed by atoms with van der Waals surface area (Å²) < 4.78 is 1.78. The van der Waals surface area contributed by atoms with Crippen LogP contribution in [0.3, 0.4) is 0 Å². The van der Waals surface area contributed by atoms with Crippen molar-refractivity contribution in [3.63, 3.8) is 0 Å². The van der Waals surface area contributed by atoms with Crippen LogP contribution in [0.5, 0.6) is 0 Å². The lowest BCUT2D eigenvalue weighted by atomic mass is 10.1. The Morgan fingerprint density at radius 2 is 1.63 bits per heavy atom. The zero-order valence-electron chi connectivity index (χ0n) is 17.5. The molecule has 0 spiro atoms. The number of anilines is 1. The van der Waals surface area contributed by atoms with Crippen LogP contribution in [-0.2, 0) is 18.4 Å². The fraction of sp³-hybridized carbons (Fsp3) is 0.273. The highest BCUT2D eigenvalue weighted by atomic mass is 32.2. The summed E-state index contributed by atoms with van der Waals surface area (Å²) in [7, 11) is 1.82. The van der Waals surface area contributed by atoms with Gasteiger partial charge in [-0.05, 0) is 56.2 Å². The van der Waals surface area contributed by atoms with Crippen LogP contribution in [-0.4, -0.2) is 32.3 Å². The molecule has 0 radical (unpaired) electrons. The molecular formula is C22H25N5O2S. The lowest BCUT2D eigenvalue weighted by Crippen LogP contribution is -2.24. The Bertz CT molecular complexity index is 1040. The van der Waals surface area contributed by atoms with Crippen LogP contribution in [0.2, 0.25) is 0 Å². The van der Waals surface area contributed by atoms with Crippen LogP contribution in [0.15, 0.2) is 47.6 Å². The average Bonchev–Trinajstić information content (AvgIpc) is 3.04. The smallest absolute Gasteiger partial charge is 0.251 e. The number of thioether (sulfide) groups is 1. The van der Waals surface area contributed by atoms with E-state index in [1.54, 1.807) is 16.7 Å². The zero-order valence-corrected chi connectivity index (χ0v) is 18.3. The summed E-state index contributed by atoms with van der Waals surface area (Å²) in [5.41, 5.74) is 4.69. The summed E-state index contributed by atoms with van der Waals surface area (Å²) in [6.45, 7) is 6.22. The van der Waals surface area contributed by atoms with E-state index < -0.39 is 0 Å². The zero-order chi connectivity index (χ0) is 21.7. The molecule has 0 saturated heterocycles. The minimum absolute atomic E-state index is 0.109. The Balaban J connectivity index is 1.52. The number of nitrogens with zero attached hydrogens (tertiary/aromatic N) is 3. The second kappa shape index (κ2) is 9.58. The fourth-order valence-electron chi connectivity index (χ4n) is 2.97. The van der Waals surface area contributed by atoms with Crippen LogP contribution in [0.1, 0.15) is 32.9 Å². The van der Waals surface area contributed by atoms with Gasteiger partial charge in [-0.25, -0.2) is 0 Å². The molecule has 0 fully saturated rings. The van der Waals surface area contributed by atoms with Gasteiger partial charge in [0.25, 0.3) is 5.91 Å². The molecule has 0 unspecified atom stereocenters. The molecule has 1 heterocycles. The number of aryl methyl sites for hydroxylation is 3. The molecule has 0 aliphatic heterocycles. The number of amides is 2. The number of nitrogens with one attached hydrogen (secondary N) is 2. The highest BCUT2D eigenvalue weighted by Crippen LogP contribution is 2.18. The number of benzene rings is 2. The van der Waals surface area contributed by atoms with Gasteiger partial charge in [0, 0.05) is 18.3 Å². The summed E-state index contributed by atoms with van der Waals surface area (Å²) in [5, 5.41) is 14.6. The summed E-state index contributed by atoms with van der Waals surface area (Å²) >= 11 is 1.30. The molecule has 0 atom stereocenters. The third-order valence-electron chi connectivity index (χ3n) is 4.48. The molecule has 8 heteroatoms.